The Balaban J connectivity index is 1.42. The van der Waals surface area contributed by atoms with Crippen LogP contribution in [0, 0.1) is 6.92 Å². The number of urea groups is 1. The number of nitrogens with one attached hydrogen (secondary N) is 2. The van der Waals surface area contributed by atoms with E-state index in [1.807, 2.05) is 19.1 Å². The van der Waals surface area contributed by atoms with Gasteiger partial charge in [-0.2, -0.15) is 0 Å². The molecular weight excluding hydrogens is 450 g/mol. The predicted octanol–water partition coefficient (Wildman–Crippen LogP) is 3.38. The fourth-order valence-electron chi connectivity index (χ4n) is 3.30. The van der Waals surface area contributed by atoms with Crippen molar-refractivity contribution in [1.29, 1.82) is 0 Å². The van der Waals surface area contributed by atoms with Gasteiger partial charge in [-0.1, -0.05) is 29.8 Å². The number of phenolic OH excluding ortho intramolecular Hbond substituents is 1. The highest BCUT2D eigenvalue weighted by molar-refractivity contribution is 6.39. The minimum absolute atomic E-state index is 0.0274. The van der Waals surface area contributed by atoms with E-state index in [9.17, 15) is 24.3 Å². The van der Waals surface area contributed by atoms with E-state index in [0.29, 0.717) is 17.0 Å². The van der Waals surface area contributed by atoms with Gasteiger partial charge in [-0.15, -0.1) is 0 Å². The van der Waals surface area contributed by atoms with Crippen LogP contribution in [-0.4, -0.2) is 35.5 Å². The monoisotopic (exact) mass is 471 g/mol. The summed E-state index contributed by atoms with van der Waals surface area (Å²) < 4.78 is 5.50. The maximum absolute atomic E-state index is 12.9. The number of barbiturate groups is 1. The molecule has 1 heterocycles. The lowest BCUT2D eigenvalue weighted by molar-refractivity contribution is -0.122. The number of hydrogen-bond donors (Lipinski definition) is 3. The molecule has 35 heavy (non-hydrogen) atoms. The number of amides is 5. The van der Waals surface area contributed by atoms with E-state index in [1.54, 1.807) is 36.4 Å². The molecule has 176 valence electrons. The first-order valence-corrected chi connectivity index (χ1v) is 10.6. The van der Waals surface area contributed by atoms with Gasteiger partial charge >= 0.3 is 6.03 Å². The van der Waals surface area contributed by atoms with Crippen LogP contribution in [0.5, 0.6) is 11.5 Å². The van der Waals surface area contributed by atoms with Crippen molar-refractivity contribution >= 4 is 41.2 Å². The smallest absolute Gasteiger partial charge is 0.335 e. The zero-order valence-corrected chi connectivity index (χ0v) is 18.6. The number of rotatable bonds is 6. The summed E-state index contributed by atoms with van der Waals surface area (Å²) in [5, 5.41) is 14.3. The maximum atomic E-state index is 12.9. The number of imide groups is 2. The third-order valence-corrected chi connectivity index (χ3v) is 5.11. The van der Waals surface area contributed by atoms with Crippen molar-refractivity contribution in [1.82, 2.24) is 5.32 Å². The second kappa shape index (κ2) is 9.92. The summed E-state index contributed by atoms with van der Waals surface area (Å²) in [5.74, 6) is -1.53. The van der Waals surface area contributed by atoms with Gasteiger partial charge in [-0.3, -0.25) is 19.7 Å². The molecule has 0 aliphatic carbocycles. The van der Waals surface area contributed by atoms with Crippen LogP contribution >= 0.6 is 0 Å². The van der Waals surface area contributed by atoms with Crippen LogP contribution < -0.4 is 20.3 Å². The first kappa shape index (κ1) is 23.2. The van der Waals surface area contributed by atoms with E-state index in [4.69, 9.17) is 4.74 Å². The van der Waals surface area contributed by atoms with Crippen LogP contribution in [0.2, 0.25) is 0 Å². The fourth-order valence-corrected chi connectivity index (χ4v) is 3.30. The molecule has 1 saturated heterocycles. The average molecular weight is 471 g/mol. The summed E-state index contributed by atoms with van der Waals surface area (Å²) in [6, 6.07) is 18.4. The van der Waals surface area contributed by atoms with Crippen LogP contribution in [0.3, 0.4) is 0 Å². The van der Waals surface area contributed by atoms with Crippen LogP contribution in [0.15, 0.2) is 78.4 Å². The van der Waals surface area contributed by atoms with Crippen LogP contribution in [0.25, 0.3) is 6.08 Å². The normalized spacial score (nSPS) is 14.6. The summed E-state index contributed by atoms with van der Waals surface area (Å²) >= 11 is 0. The Morgan fingerprint density at radius 2 is 1.63 bits per heavy atom. The number of aryl methyl sites for hydroxylation is 1. The molecule has 4 rings (SSSR count). The topological polar surface area (TPSA) is 125 Å². The third kappa shape index (κ3) is 5.53. The molecule has 9 heteroatoms. The molecule has 1 aliphatic heterocycles. The van der Waals surface area contributed by atoms with Crippen LogP contribution in [-0.2, 0) is 14.4 Å². The molecular formula is C26H21N3O6. The summed E-state index contributed by atoms with van der Waals surface area (Å²) in [4.78, 5) is 50.3. The minimum Gasteiger partial charge on any atom is -0.508 e. The van der Waals surface area contributed by atoms with Gasteiger partial charge in [0.2, 0.25) is 0 Å². The highest BCUT2D eigenvalue weighted by Crippen LogP contribution is 2.24. The number of phenols is 1. The Morgan fingerprint density at radius 3 is 2.29 bits per heavy atom. The van der Waals surface area contributed by atoms with Crippen LogP contribution in [0.4, 0.5) is 16.2 Å². The zero-order chi connectivity index (χ0) is 24.9. The largest absolute Gasteiger partial charge is 0.508 e. The van der Waals surface area contributed by atoms with Crippen molar-refractivity contribution in [3.05, 3.63) is 89.5 Å². The summed E-state index contributed by atoms with van der Waals surface area (Å²) in [6.45, 7) is 1.76. The van der Waals surface area contributed by atoms with Crippen molar-refractivity contribution < 1.29 is 29.0 Å². The first-order valence-electron chi connectivity index (χ1n) is 10.6. The van der Waals surface area contributed by atoms with Crippen molar-refractivity contribution in [2.75, 3.05) is 16.8 Å². The molecule has 0 spiro atoms. The van der Waals surface area contributed by atoms with Crippen LogP contribution in [0.1, 0.15) is 11.1 Å². The quantitative estimate of drug-likeness (QED) is 0.374. The predicted molar refractivity (Wildman–Crippen MR) is 129 cm³/mol. The minimum atomic E-state index is -0.879. The molecule has 0 unspecified atom stereocenters. The van der Waals surface area contributed by atoms with Gasteiger partial charge in [0.1, 0.15) is 17.1 Å². The van der Waals surface area contributed by atoms with E-state index in [0.717, 1.165) is 10.5 Å². The van der Waals surface area contributed by atoms with E-state index < -0.39 is 17.8 Å². The highest BCUT2D eigenvalue weighted by atomic mass is 16.5. The number of anilines is 2. The van der Waals surface area contributed by atoms with Gasteiger partial charge in [0.15, 0.2) is 6.61 Å². The van der Waals surface area contributed by atoms with Crippen molar-refractivity contribution in [3.63, 3.8) is 0 Å². The van der Waals surface area contributed by atoms with Gasteiger partial charge < -0.3 is 15.2 Å². The molecule has 3 aromatic rings. The first-order chi connectivity index (χ1) is 16.8. The number of ether oxygens (including phenoxy) is 1. The lowest BCUT2D eigenvalue weighted by Crippen LogP contribution is -2.54. The molecule has 1 aliphatic rings. The number of carbonyl (C=O) groups is 4. The molecule has 0 saturated carbocycles. The van der Waals surface area contributed by atoms with E-state index in [1.165, 1.54) is 30.3 Å². The van der Waals surface area contributed by atoms with Gasteiger partial charge in [0.05, 0.1) is 5.69 Å². The molecule has 0 atom stereocenters. The third-order valence-electron chi connectivity index (χ3n) is 5.11. The van der Waals surface area contributed by atoms with Gasteiger partial charge in [-0.25, -0.2) is 9.69 Å². The molecule has 0 radical (unpaired) electrons. The molecule has 9 nitrogen and oxygen atoms in total. The molecule has 3 aromatic carbocycles. The Morgan fingerprint density at radius 1 is 0.971 bits per heavy atom. The van der Waals surface area contributed by atoms with Crippen molar-refractivity contribution in [2.24, 2.45) is 0 Å². The summed E-state index contributed by atoms with van der Waals surface area (Å²) in [6.07, 6.45) is 1.35. The van der Waals surface area contributed by atoms with Gasteiger partial charge in [0.25, 0.3) is 17.7 Å². The number of nitrogens with zero attached hydrogens (tertiary/aromatic N) is 1. The molecule has 0 aromatic heterocycles. The van der Waals surface area contributed by atoms with Crippen molar-refractivity contribution in [3.8, 4) is 11.5 Å². The molecule has 5 amide bonds. The zero-order valence-electron chi connectivity index (χ0n) is 18.6. The van der Waals surface area contributed by atoms with Gasteiger partial charge in [-0.05, 0) is 67.1 Å². The van der Waals surface area contributed by atoms with E-state index in [2.05, 4.69) is 10.6 Å². The standard InChI is InChI=1S/C26H21N3O6/c1-16-2-6-18(7-3-16)27-23(31)15-35-21-12-4-17(5-13-21)14-22-24(32)28-26(34)29(25(22)33)19-8-10-20(30)11-9-19/h2-14,30H,15H2,1H3,(H,27,31)(H,28,32,34)/b22-14+. The number of hydrogen-bond acceptors (Lipinski definition) is 6. The van der Waals surface area contributed by atoms with E-state index >= 15 is 0 Å². The Bertz CT molecular complexity index is 1310. The number of carbonyl (C=O) groups excluding carboxylic acids is 4. The molecule has 1 fully saturated rings. The summed E-state index contributed by atoms with van der Waals surface area (Å²) in [7, 11) is 0. The lowest BCUT2D eigenvalue weighted by Gasteiger charge is -2.26. The molecule has 0 bridgehead atoms. The Labute approximate surface area is 200 Å². The second-order valence-corrected chi connectivity index (χ2v) is 7.75. The highest BCUT2D eigenvalue weighted by Gasteiger charge is 2.36. The molecule has 3 N–H and O–H groups in total. The second-order valence-electron chi connectivity index (χ2n) is 7.75. The van der Waals surface area contributed by atoms with E-state index in [-0.39, 0.29) is 29.5 Å². The number of benzene rings is 3. The number of aromatic hydroxyl groups is 1. The fraction of sp³-hybridized carbons (Fsp3) is 0.0769. The average Bonchev–Trinajstić information content (AvgIpc) is 2.84. The Hall–Kier alpha value is -4.92. The lowest BCUT2D eigenvalue weighted by atomic mass is 10.1. The van der Waals surface area contributed by atoms with Crippen molar-refractivity contribution in [2.45, 2.75) is 6.92 Å². The summed E-state index contributed by atoms with van der Waals surface area (Å²) in [5.41, 5.74) is 2.24. The maximum Gasteiger partial charge on any atom is 0.335 e. The SMILES string of the molecule is Cc1ccc(NC(=O)COc2ccc(/C=C3\C(=O)NC(=O)N(c4ccc(O)cc4)C3=O)cc2)cc1. The van der Waals surface area contributed by atoms with Gasteiger partial charge in [0, 0.05) is 5.69 Å². The Kier molecular flexibility index (Phi) is 6.59.